The number of carbonyl (C=O) groups is 4. The van der Waals surface area contributed by atoms with Gasteiger partial charge in [-0.3, -0.25) is 19.2 Å². The molecule has 1 aliphatic carbocycles. The van der Waals surface area contributed by atoms with Crippen molar-refractivity contribution in [2.24, 2.45) is 0 Å². The molecule has 4 atom stereocenters. The summed E-state index contributed by atoms with van der Waals surface area (Å²) in [5, 5.41) is 0. The first-order chi connectivity index (χ1) is 12.6. The van der Waals surface area contributed by atoms with Crippen LogP contribution in [0.5, 0.6) is 0 Å². The second-order valence-corrected chi connectivity index (χ2v) is 6.58. The van der Waals surface area contributed by atoms with E-state index < -0.39 is 53.9 Å². The van der Waals surface area contributed by atoms with E-state index >= 15 is 0 Å². The maximum atomic E-state index is 11.7. The molecule has 0 aromatic heterocycles. The third-order valence-corrected chi connectivity index (χ3v) is 4.33. The van der Waals surface area contributed by atoms with Gasteiger partial charge < -0.3 is 23.7 Å². The summed E-state index contributed by atoms with van der Waals surface area (Å²) in [6.45, 7) is 4.65. The number of esters is 4. The summed E-state index contributed by atoms with van der Waals surface area (Å²) in [7, 11) is 0. The predicted octanol–water partition coefficient (Wildman–Crippen LogP) is 0.832. The highest BCUT2D eigenvalue weighted by atomic mass is 16.7. The van der Waals surface area contributed by atoms with Gasteiger partial charge in [-0.25, -0.2) is 0 Å². The van der Waals surface area contributed by atoms with E-state index in [4.69, 9.17) is 23.7 Å². The quantitative estimate of drug-likeness (QED) is 0.386. The standard InChI is InChI=1S/C18H24O9/c1-10(19)23-9-14-15(24-11(2)20)16(25-12(3)21)17(26-13(4)22)18(27-14)7-5-6-8-18/h5-6,14-17H,7-9H2,1-4H3/t14-,15+,16+,17-/m1/s1. The number of carbonyl (C=O) groups excluding carboxylic acids is 4. The number of ether oxygens (including phenoxy) is 5. The highest BCUT2D eigenvalue weighted by Gasteiger charge is 2.59. The molecule has 2 rings (SSSR count). The van der Waals surface area contributed by atoms with Crippen LogP contribution in [0.1, 0.15) is 40.5 Å². The van der Waals surface area contributed by atoms with Gasteiger partial charge in [0.05, 0.1) is 0 Å². The fourth-order valence-corrected chi connectivity index (χ4v) is 3.43. The van der Waals surface area contributed by atoms with Crippen molar-refractivity contribution in [1.82, 2.24) is 0 Å². The Hall–Kier alpha value is -2.42. The molecule has 1 spiro atoms. The molecule has 0 unspecified atom stereocenters. The minimum absolute atomic E-state index is 0.209. The van der Waals surface area contributed by atoms with E-state index in [2.05, 4.69) is 0 Å². The Labute approximate surface area is 156 Å². The molecule has 0 amide bonds. The Kier molecular flexibility index (Phi) is 6.59. The lowest BCUT2D eigenvalue weighted by Gasteiger charge is -2.50. The lowest BCUT2D eigenvalue weighted by atomic mass is 9.82. The van der Waals surface area contributed by atoms with Gasteiger partial charge in [0.25, 0.3) is 0 Å². The predicted molar refractivity (Wildman–Crippen MR) is 89.3 cm³/mol. The smallest absolute Gasteiger partial charge is 0.303 e. The first-order valence-electron chi connectivity index (χ1n) is 8.62. The van der Waals surface area contributed by atoms with Gasteiger partial charge in [-0.1, -0.05) is 12.2 Å². The van der Waals surface area contributed by atoms with Crippen molar-refractivity contribution in [3.05, 3.63) is 12.2 Å². The highest BCUT2D eigenvalue weighted by molar-refractivity contribution is 5.69. The minimum atomic E-state index is -1.11. The zero-order chi connectivity index (χ0) is 20.2. The molecule has 0 aromatic rings. The molecule has 150 valence electrons. The average molecular weight is 384 g/mol. The number of rotatable bonds is 5. The number of hydrogen-bond donors (Lipinski definition) is 0. The van der Waals surface area contributed by atoms with Crippen molar-refractivity contribution in [2.45, 2.75) is 70.6 Å². The van der Waals surface area contributed by atoms with Crippen molar-refractivity contribution in [3.8, 4) is 0 Å². The second-order valence-electron chi connectivity index (χ2n) is 6.58. The normalized spacial score (nSPS) is 28.4. The van der Waals surface area contributed by atoms with Crippen LogP contribution >= 0.6 is 0 Å². The van der Waals surface area contributed by atoms with Gasteiger partial charge in [0.15, 0.2) is 18.3 Å². The van der Waals surface area contributed by atoms with Crippen LogP contribution in [0.15, 0.2) is 12.2 Å². The molecule has 9 nitrogen and oxygen atoms in total. The van der Waals surface area contributed by atoms with Crippen molar-refractivity contribution in [1.29, 1.82) is 0 Å². The molecule has 9 heteroatoms. The summed E-state index contributed by atoms with van der Waals surface area (Å²) in [5.74, 6) is -2.41. The number of hydrogen-bond acceptors (Lipinski definition) is 9. The molecule has 2 aliphatic rings. The molecule has 27 heavy (non-hydrogen) atoms. The zero-order valence-electron chi connectivity index (χ0n) is 15.8. The van der Waals surface area contributed by atoms with Gasteiger partial charge in [0, 0.05) is 27.7 Å². The molecule has 0 saturated carbocycles. The van der Waals surface area contributed by atoms with Gasteiger partial charge in [0.1, 0.15) is 18.3 Å². The topological polar surface area (TPSA) is 114 Å². The van der Waals surface area contributed by atoms with Gasteiger partial charge in [-0.05, 0) is 12.8 Å². The summed E-state index contributed by atoms with van der Waals surface area (Å²) in [6.07, 6.45) is 0.400. The van der Waals surface area contributed by atoms with Gasteiger partial charge >= 0.3 is 23.9 Å². The van der Waals surface area contributed by atoms with Crippen LogP contribution in [0.4, 0.5) is 0 Å². The molecule has 0 bridgehead atoms. The lowest BCUT2D eigenvalue weighted by Crippen LogP contribution is -2.67. The van der Waals surface area contributed by atoms with Crippen LogP contribution in [0.3, 0.4) is 0 Å². The van der Waals surface area contributed by atoms with Crippen molar-refractivity contribution < 1.29 is 42.9 Å². The van der Waals surface area contributed by atoms with Crippen LogP contribution in [0.2, 0.25) is 0 Å². The fraction of sp³-hybridized carbons (Fsp3) is 0.667. The lowest BCUT2D eigenvalue weighted by molar-refractivity contribution is -0.283. The molecule has 1 heterocycles. The summed E-state index contributed by atoms with van der Waals surface area (Å²) in [6, 6.07) is 0. The molecule has 1 fully saturated rings. The van der Waals surface area contributed by atoms with Crippen LogP contribution in [0, 0.1) is 0 Å². The maximum Gasteiger partial charge on any atom is 0.303 e. The third-order valence-electron chi connectivity index (χ3n) is 4.33. The Morgan fingerprint density at radius 1 is 0.852 bits per heavy atom. The largest absolute Gasteiger partial charge is 0.463 e. The Bertz CT molecular complexity index is 631. The van der Waals surface area contributed by atoms with Gasteiger partial charge in [0.2, 0.25) is 0 Å². The van der Waals surface area contributed by atoms with E-state index in [1.165, 1.54) is 27.7 Å². The summed E-state index contributed by atoms with van der Waals surface area (Å²) >= 11 is 0. The average Bonchev–Trinajstić information content (AvgIpc) is 3.00. The molecule has 0 aromatic carbocycles. The van der Waals surface area contributed by atoms with Crippen LogP contribution in [0.25, 0.3) is 0 Å². The molecule has 1 saturated heterocycles. The monoisotopic (exact) mass is 384 g/mol. The molecule has 1 aliphatic heterocycles. The van der Waals surface area contributed by atoms with Gasteiger partial charge in [-0.2, -0.15) is 0 Å². The van der Waals surface area contributed by atoms with E-state index in [1.54, 1.807) is 0 Å². The van der Waals surface area contributed by atoms with E-state index in [0.29, 0.717) is 12.8 Å². The Morgan fingerprint density at radius 3 is 1.85 bits per heavy atom. The van der Waals surface area contributed by atoms with Gasteiger partial charge in [-0.15, -0.1) is 0 Å². The molecule has 0 radical (unpaired) electrons. The third kappa shape index (κ3) is 5.06. The van der Waals surface area contributed by atoms with E-state index in [-0.39, 0.29) is 6.61 Å². The fourth-order valence-electron chi connectivity index (χ4n) is 3.43. The first kappa shape index (κ1) is 20.9. The summed E-state index contributed by atoms with van der Waals surface area (Å²) in [4.78, 5) is 46.3. The second kappa shape index (κ2) is 8.51. The van der Waals surface area contributed by atoms with Crippen LogP contribution in [-0.4, -0.2) is 60.5 Å². The molecule has 0 N–H and O–H groups in total. The van der Waals surface area contributed by atoms with E-state index in [1.807, 2.05) is 12.2 Å². The summed E-state index contributed by atoms with van der Waals surface area (Å²) in [5.41, 5.74) is -1.01. The summed E-state index contributed by atoms with van der Waals surface area (Å²) < 4.78 is 27.3. The first-order valence-corrected chi connectivity index (χ1v) is 8.62. The van der Waals surface area contributed by atoms with E-state index in [9.17, 15) is 19.2 Å². The Balaban J connectivity index is 2.43. The van der Waals surface area contributed by atoms with Crippen LogP contribution < -0.4 is 0 Å². The van der Waals surface area contributed by atoms with Crippen LogP contribution in [-0.2, 0) is 42.9 Å². The minimum Gasteiger partial charge on any atom is -0.463 e. The highest BCUT2D eigenvalue weighted by Crippen LogP contribution is 2.43. The molecular weight excluding hydrogens is 360 g/mol. The Morgan fingerprint density at radius 2 is 1.37 bits per heavy atom. The SMILES string of the molecule is CC(=O)OC[C@H]1OC2(CC=CC2)[C@H](OC(C)=O)[C@@H](OC(C)=O)[C@H]1OC(C)=O. The van der Waals surface area contributed by atoms with Crippen molar-refractivity contribution >= 4 is 23.9 Å². The van der Waals surface area contributed by atoms with E-state index in [0.717, 1.165) is 0 Å². The van der Waals surface area contributed by atoms with Crippen molar-refractivity contribution in [3.63, 3.8) is 0 Å². The van der Waals surface area contributed by atoms with Crippen molar-refractivity contribution in [2.75, 3.05) is 6.61 Å². The zero-order valence-corrected chi connectivity index (χ0v) is 15.8. The maximum absolute atomic E-state index is 11.7. The molecular formula is C18H24O9.